The first kappa shape index (κ1) is 55.4. The summed E-state index contributed by atoms with van der Waals surface area (Å²) in [7, 11) is 0. The molecule has 0 aliphatic carbocycles. The average molecular weight is 962 g/mol. The van der Waals surface area contributed by atoms with Crippen molar-refractivity contribution < 1.29 is 162 Å². The summed E-state index contributed by atoms with van der Waals surface area (Å²) in [6.45, 7) is 0.224. The smallest absolute Gasteiger partial charge is 0.200 e. The molecule has 0 saturated carbocycles. The third kappa shape index (κ3) is 6.15. The largest absolute Gasteiger partial charge is 0.460 e. The first-order chi connectivity index (χ1) is 24.3. The first-order valence-electron chi connectivity index (χ1n) is 12.8. The van der Waals surface area contributed by atoms with Gasteiger partial charge in [0.1, 0.15) is 0 Å². The van der Waals surface area contributed by atoms with E-state index in [0.717, 1.165) is 0 Å². The highest BCUT2D eigenvalue weighted by Gasteiger charge is 3.02. The summed E-state index contributed by atoms with van der Waals surface area (Å²) in [5.41, 5.74) is 0. The molecule has 0 aliphatic rings. The molecule has 0 bridgehead atoms. The van der Waals surface area contributed by atoms with Crippen molar-refractivity contribution >= 4 is 0 Å². The van der Waals surface area contributed by atoms with Gasteiger partial charge in [-0.2, -0.15) is 162 Å². The van der Waals surface area contributed by atoms with Crippen molar-refractivity contribution in [3.8, 4) is 0 Å². The van der Waals surface area contributed by atoms with Gasteiger partial charge in [0, 0.05) is 6.42 Å². The van der Waals surface area contributed by atoms with E-state index in [-0.39, 0.29) is 6.92 Å². The van der Waals surface area contributed by atoms with Gasteiger partial charge in [-0.15, -0.1) is 0 Å². The molecular formula is C21H7F37. The van der Waals surface area contributed by atoms with Crippen LogP contribution in [0.4, 0.5) is 162 Å². The van der Waals surface area contributed by atoms with Gasteiger partial charge < -0.3 is 0 Å². The number of hydrogen-bond donors (Lipinski definition) is 0. The molecule has 0 radical (unpaired) electrons. The fourth-order valence-electron chi connectivity index (χ4n) is 3.64. The Hall–Kier alpha value is -2.59. The van der Waals surface area contributed by atoms with Crippen LogP contribution in [-0.2, 0) is 0 Å². The van der Waals surface area contributed by atoms with Crippen molar-refractivity contribution in [2.75, 3.05) is 0 Å². The lowest BCUT2D eigenvalue weighted by atomic mass is 9.82. The highest BCUT2D eigenvalue weighted by molar-refractivity contribution is 5.23. The molecule has 0 saturated heterocycles. The number of alkyl halides is 37. The highest BCUT2D eigenvalue weighted by Crippen LogP contribution is 2.70. The van der Waals surface area contributed by atoms with Crippen LogP contribution in [0.2, 0.25) is 0 Å². The molecule has 0 aromatic rings. The zero-order valence-corrected chi connectivity index (χ0v) is 25.4. The molecule has 0 fully saturated rings. The zero-order valence-electron chi connectivity index (χ0n) is 25.4. The second-order valence-electron chi connectivity index (χ2n) is 11.1. The lowest BCUT2D eigenvalue weighted by molar-refractivity contribution is -0.493. The van der Waals surface area contributed by atoms with Crippen LogP contribution in [0, 0.1) is 0 Å². The van der Waals surface area contributed by atoms with E-state index in [0.29, 0.717) is 0 Å². The zero-order chi connectivity index (χ0) is 48.4. The van der Waals surface area contributed by atoms with E-state index in [4.69, 9.17) is 0 Å². The van der Waals surface area contributed by atoms with Crippen molar-refractivity contribution in [3.63, 3.8) is 0 Å². The van der Waals surface area contributed by atoms with Crippen molar-refractivity contribution in [2.45, 2.75) is 127 Å². The Balaban J connectivity index is 7.86. The van der Waals surface area contributed by atoms with Crippen LogP contribution < -0.4 is 0 Å². The molecule has 0 unspecified atom stereocenters. The van der Waals surface area contributed by atoms with Crippen LogP contribution in [0.25, 0.3) is 0 Å². The molecule has 0 nitrogen and oxygen atoms in total. The average Bonchev–Trinajstić information content (AvgIpc) is 2.98. The number of rotatable bonds is 18. The lowest BCUT2D eigenvalue weighted by Crippen LogP contribution is -2.80. The molecule has 0 aromatic heterocycles. The van der Waals surface area contributed by atoms with Gasteiger partial charge in [0.25, 0.3) is 0 Å². The number of halogens is 37. The van der Waals surface area contributed by atoms with Crippen molar-refractivity contribution in [3.05, 3.63) is 0 Å². The summed E-state index contributed by atoms with van der Waals surface area (Å²) in [4.78, 5) is 0. The molecule has 0 N–H and O–H groups in total. The van der Waals surface area contributed by atoms with E-state index in [2.05, 4.69) is 0 Å². The molecular weight excluding hydrogens is 955 g/mol. The van der Waals surface area contributed by atoms with Gasteiger partial charge >= 0.3 is 107 Å². The standard InChI is InChI=1S/C21H7F37/c1-2-3-4(22,23)5(24,25)6(26,27)7(28,29)8(30,31)9(32,33)10(34,35)11(36,37)12(38,39)13(40,41)14(42,43)15(44,45)16(46,47)17(48,49)18(50,51)19(52,53)20(54,55)21(56,57)58/h2-3H2,1H3. The predicted molar refractivity (Wildman–Crippen MR) is 105 cm³/mol. The molecule has 0 aliphatic heterocycles. The van der Waals surface area contributed by atoms with Gasteiger partial charge in [0.05, 0.1) is 0 Å². The summed E-state index contributed by atoms with van der Waals surface area (Å²) in [5.74, 6) is -165. The summed E-state index contributed by atoms with van der Waals surface area (Å²) in [6, 6.07) is 0. The molecule has 0 rings (SSSR count). The first-order valence-corrected chi connectivity index (χ1v) is 12.8. The monoisotopic (exact) mass is 962 g/mol. The van der Waals surface area contributed by atoms with Gasteiger partial charge in [-0.25, -0.2) is 0 Å². The molecule has 350 valence electrons. The Labute approximate surface area is 290 Å². The molecule has 0 heterocycles. The SMILES string of the molecule is CCCC(F)(F)C(F)(F)C(F)(F)C(F)(F)C(F)(F)C(F)(F)C(F)(F)C(F)(F)C(F)(F)C(F)(F)C(F)(F)C(F)(F)C(F)(F)C(F)(F)C(F)(F)C(F)(F)C(F)(F)C(F)(F)F. The highest BCUT2D eigenvalue weighted by atomic mass is 19.4. The summed E-state index contributed by atoms with van der Waals surface area (Å²) >= 11 is 0. The topological polar surface area (TPSA) is 0 Å². The van der Waals surface area contributed by atoms with E-state index >= 15 is 0 Å². The fourth-order valence-corrected chi connectivity index (χ4v) is 3.64. The van der Waals surface area contributed by atoms with Crippen LogP contribution in [0.3, 0.4) is 0 Å². The van der Waals surface area contributed by atoms with Crippen LogP contribution in [0.15, 0.2) is 0 Å². The summed E-state index contributed by atoms with van der Waals surface area (Å²) < 4.78 is 501. The van der Waals surface area contributed by atoms with Crippen LogP contribution in [0.5, 0.6) is 0 Å². The van der Waals surface area contributed by atoms with Crippen molar-refractivity contribution in [1.29, 1.82) is 0 Å². The second-order valence-corrected chi connectivity index (χ2v) is 11.1. The van der Waals surface area contributed by atoms with E-state index in [1.165, 1.54) is 0 Å². The maximum Gasteiger partial charge on any atom is 0.460 e. The van der Waals surface area contributed by atoms with E-state index in [1.54, 1.807) is 0 Å². The molecule has 37 heteroatoms. The maximum atomic E-state index is 13.9. The Bertz CT molecular complexity index is 1470. The lowest BCUT2D eigenvalue weighted by Gasteiger charge is -2.47. The van der Waals surface area contributed by atoms with Gasteiger partial charge in [0.15, 0.2) is 0 Å². The predicted octanol–water partition coefficient (Wildman–Crippen LogP) is 13.1. The fraction of sp³-hybridized carbons (Fsp3) is 1.00. The van der Waals surface area contributed by atoms with Gasteiger partial charge in [0.2, 0.25) is 0 Å². The van der Waals surface area contributed by atoms with Gasteiger partial charge in [-0.3, -0.25) is 0 Å². The van der Waals surface area contributed by atoms with Gasteiger partial charge in [-0.1, -0.05) is 13.3 Å². The molecule has 0 spiro atoms. The molecule has 58 heavy (non-hydrogen) atoms. The van der Waals surface area contributed by atoms with E-state index in [9.17, 15) is 162 Å². The second kappa shape index (κ2) is 13.5. The molecule has 0 aromatic carbocycles. The van der Waals surface area contributed by atoms with Crippen LogP contribution in [0.1, 0.15) is 19.8 Å². The van der Waals surface area contributed by atoms with Crippen LogP contribution >= 0.6 is 0 Å². The Morgan fingerprint density at radius 3 is 0.431 bits per heavy atom. The number of hydrogen-bond acceptors (Lipinski definition) is 0. The van der Waals surface area contributed by atoms with E-state index in [1.807, 2.05) is 0 Å². The summed E-state index contributed by atoms with van der Waals surface area (Å²) in [6.07, 6.45) is -13.0. The molecule has 0 amide bonds. The minimum absolute atomic E-state index is 0.224. The minimum atomic E-state index is -10.4. The summed E-state index contributed by atoms with van der Waals surface area (Å²) in [5, 5.41) is 0. The Morgan fingerprint density at radius 1 is 0.190 bits per heavy atom. The normalized spacial score (nSPS) is 17.3. The Kier molecular flexibility index (Phi) is 12.9. The minimum Gasteiger partial charge on any atom is -0.200 e. The van der Waals surface area contributed by atoms with Crippen LogP contribution in [-0.4, -0.2) is 107 Å². The Morgan fingerprint density at radius 2 is 0.310 bits per heavy atom. The molecule has 0 atom stereocenters. The van der Waals surface area contributed by atoms with E-state index < -0.39 is 120 Å². The third-order valence-corrected chi connectivity index (χ3v) is 7.29. The quantitative estimate of drug-likeness (QED) is 0.120. The third-order valence-electron chi connectivity index (χ3n) is 7.29. The maximum absolute atomic E-state index is 13.9. The van der Waals surface area contributed by atoms with Gasteiger partial charge in [-0.05, 0) is 0 Å². The van der Waals surface area contributed by atoms with Crippen molar-refractivity contribution in [1.82, 2.24) is 0 Å². The van der Waals surface area contributed by atoms with Crippen molar-refractivity contribution in [2.24, 2.45) is 0 Å².